The van der Waals surface area contributed by atoms with Crippen molar-refractivity contribution in [2.45, 2.75) is 32.7 Å². The first kappa shape index (κ1) is 17.3. The van der Waals surface area contributed by atoms with E-state index in [0.29, 0.717) is 12.5 Å². The van der Waals surface area contributed by atoms with Crippen LogP contribution in [0.2, 0.25) is 0 Å². The Kier molecular flexibility index (Phi) is 4.93. The lowest BCUT2D eigenvalue weighted by Crippen LogP contribution is -2.26. The maximum atomic E-state index is 12.4. The van der Waals surface area contributed by atoms with Gasteiger partial charge in [0.25, 0.3) is 0 Å². The van der Waals surface area contributed by atoms with Crippen molar-refractivity contribution in [3.63, 3.8) is 0 Å². The lowest BCUT2D eigenvalue weighted by molar-refractivity contribution is -0.122. The van der Waals surface area contributed by atoms with E-state index in [2.05, 4.69) is 10.3 Å². The van der Waals surface area contributed by atoms with Crippen molar-refractivity contribution >= 4 is 5.91 Å². The number of ether oxygens (including phenoxy) is 2. The van der Waals surface area contributed by atoms with Crippen LogP contribution in [0.25, 0.3) is 0 Å². The lowest BCUT2D eigenvalue weighted by Gasteiger charge is -2.13. The number of pyridine rings is 1. The van der Waals surface area contributed by atoms with Gasteiger partial charge < -0.3 is 14.8 Å². The average Bonchev–Trinajstić information content (AvgIpc) is 3.42. The summed E-state index contributed by atoms with van der Waals surface area (Å²) in [5.74, 6) is 2.09. The molecule has 1 saturated carbocycles. The van der Waals surface area contributed by atoms with E-state index < -0.39 is 0 Å². The molecule has 1 aliphatic rings. The van der Waals surface area contributed by atoms with Gasteiger partial charge in [-0.15, -0.1) is 0 Å². The molecule has 1 aromatic heterocycles. The molecule has 0 radical (unpaired) electrons. The van der Waals surface area contributed by atoms with E-state index in [-0.39, 0.29) is 11.8 Å². The number of aryl methyl sites for hydroxylation is 1. The van der Waals surface area contributed by atoms with Gasteiger partial charge in [0.1, 0.15) is 11.5 Å². The van der Waals surface area contributed by atoms with Crippen molar-refractivity contribution in [2.24, 2.45) is 5.92 Å². The Bertz CT molecular complexity index is 771. The summed E-state index contributed by atoms with van der Waals surface area (Å²) in [6, 6.07) is 7.95. The zero-order valence-corrected chi connectivity index (χ0v) is 15.1. The molecule has 3 rings (SSSR count). The Balaban J connectivity index is 1.59. The quantitative estimate of drug-likeness (QED) is 0.878. The van der Waals surface area contributed by atoms with Crippen LogP contribution in [0.4, 0.5) is 0 Å². The Morgan fingerprint density at radius 3 is 2.56 bits per heavy atom. The van der Waals surface area contributed by atoms with E-state index in [1.165, 1.54) is 5.56 Å². The van der Waals surface area contributed by atoms with Gasteiger partial charge in [0.15, 0.2) is 0 Å². The number of amides is 1. The molecule has 2 aromatic rings. The molecule has 1 heterocycles. The number of nitrogens with one attached hydrogen (secondary N) is 1. The van der Waals surface area contributed by atoms with E-state index in [1.807, 2.05) is 38.1 Å². The number of benzene rings is 1. The van der Waals surface area contributed by atoms with Gasteiger partial charge in [0.2, 0.25) is 5.91 Å². The first-order valence-electron chi connectivity index (χ1n) is 8.46. The molecule has 0 aliphatic heterocycles. The zero-order chi connectivity index (χ0) is 18.0. The van der Waals surface area contributed by atoms with Gasteiger partial charge in [0, 0.05) is 23.2 Å². The van der Waals surface area contributed by atoms with Gasteiger partial charge in [-0.3, -0.25) is 9.78 Å². The van der Waals surface area contributed by atoms with Crippen molar-refractivity contribution in [3.05, 3.63) is 52.8 Å². The van der Waals surface area contributed by atoms with Crippen molar-refractivity contribution in [1.82, 2.24) is 10.3 Å². The maximum absolute atomic E-state index is 12.4. The number of methoxy groups -OCH3 is 2. The summed E-state index contributed by atoms with van der Waals surface area (Å²) in [6.07, 6.45) is 2.67. The second-order valence-corrected chi connectivity index (χ2v) is 6.49. The molecule has 1 fully saturated rings. The minimum absolute atomic E-state index is 0.0426. The molecule has 0 saturated heterocycles. The summed E-state index contributed by atoms with van der Waals surface area (Å²) >= 11 is 0. The second kappa shape index (κ2) is 7.13. The predicted molar refractivity (Wildman–Crippen MR) is 96.0 cm³/mol. The number of hydrogen-bond acceptors (Lipinski definition) is 4. The van der Waals surface area contributed by atoms with Crippen molar-refractivity contribution < 1.29 is 14.3 Å². The highest BCUT2D eigenvalue weighted by Crippen LogP contribution is 2.47. The number of rotatable bonds is 6. The molecular weight excluding hydrogens is 316 g/mol. The molecule has 25 heavy (non-hydrogen) atoms. The van der Waals surface area contributed by atoms with Crippen LogP contribution in [-0.4, -0.2) is 25.1 Å². The normalized spacial score (nSPS) is 18.6. The van der Waals surface area contributed by atoms with E-state index in [0.717, 1.165) is 34.7 Å². The first-order chi connectivity index (χ1) is 12.0. The fraction of sp³-hybridized carbons (Fsp3) is 0.400. The fourth-order valence-electron chi connectivity index (χ4n) is 3.26. The van der Waals surface area contributed by atoms with Crippen LogP contribution in [-0.2, 0) is 11.3 Å². The third-order valence-electron chi connectivity index (χ3n) is 4.85. The van der Waals surface area contributed by atoms with Crippen LogP contribution in [0.15, 0.2) is 30.5 Å². The number of hydrogen-bond donors (Lipinski definition) is 1. The smallest absolute Gasteiger partial charge is 0.224 e. The van der Waals surface area contributed by atoms with Crippen molar-refractivity contribution in [3.8, 4) is 11.5 Å². The number of nitrogens with zero attached hydrogens (tertiary/aromatic N) is 1. The summed E-state index contributed by atoms with van der Waals surface area (Å²) in [5, 5.41) is 3.01. The highest BCUT2D eigenvalue weighted by molar-refractivity contribution is 5.82. The average molecular weight is 340 g/mol. The fourth-order valence-corrected chi connectivity index (χ4v) is 3.26. The van der Waals surface area contributed by atoms with Gasteiger partial charge in [-0.2, -0.15) is 0 Å². The van der Waals surface area contributed by atoms with E-state index in [1.54, 1.807) is 20.4 Å². The zero-order valence-electron chi connectivity index (χ0n) is 15.1. The van der Waals surface area contributed by atoms with Crippen LogP contribution >= 0.6 is 0 Å². The Morgan fingerprint density at radius 2 is 1.92 bits per heavy atom. The molecule has 0 unspecified atom stereocenters. The molecule has 0 bridgehead atoms. The summed E-state index contributed by atoms with van der Waals surface area (Å²) in [4.78, 5) is 16.8. The Labute approximate surface area is 148 Å². The standard InChI is InChI=1S/C20H24N2O3/c1-12-10-21-18(13(2)19(12)25-4)11-22-20(23)17-9-16(17)14-5-7-15(24-3)8-6-14/h5-8,10,16-17H,9,11H2,1-4H3,(H,22,23)/t16-,17-/m1/s1. The molecule has 2 atom stereocenters. The van der Waals surface area contributed by atoms with Crippen LogP contribution < -0.4 is 14.8 Å². The van der Waals surface area contributed by atoms with Crippen LogP contribution in [0, 0.1) is 19.8 Å². The number of aromatic nitrogens is 1. The van der Waals surface area contributed by atoms with Crippen molar-refractivity contribution in [2.75, 3.05) is 14.2 Å². The topological polar surface area (TPSA) is 60.5 Å². The third kappa shape index (κ3) is 3.60. The first-order valence-corrected chi connectivity index (χ1v) is 8.46. The Hall–Kier alpha value is -2.56. The summed E-state index contributed by atoms with van der Waals surface area (Å²) in [6.45, 7) is 4.36. The molecular formula is C20H24N2O3. The van der Waals surface area contributed by atoms with E-state index in [9.17, 15) is 4.79 Å². The van der Waals surface area contributed by atoms with Gasteiger partial charge in [-0.05, 0) is 43.9 Å². The molecule has 1 N–H and O–H groups in total. The molecule has 1 amide bonds. The molecule has 132 valence electrons. The van der Waals surface area contributed by atoms with Gasteiger partial charge in [-0.1, -0.05) is 12.1 Å². The number of carbonyl (C=O) groups is 1. The predicted octanol–water partition coefficient (Wildman–Crippen LogP) is 3.14. The highest BCUT2D eigenvalue weighted by Gasteiger charge is 2.43. The summed E-state index contributed by atoms with van der Waals surface area (Å²) in [7, 11) is 3.31. The Morgan fingerprint density at radius 1 is 1.20 bits per heavy atom. The van der Waals surface area contributed by atoms with Gasteiger partial charge in [-0.25, -0.2) is 0 Å². The van der Waals surface area contributed by atoms with Gasteiger partial charge in [0.05, 0.1) is 26.5 Å². The molecule has 5 heteroatoms. The van der Waals surface area contributed by atoms with Crippen molar-refractivity contribution in [1.29, 1.82) is 0 Å². The summed E-state index contributed by atoms with van der Waals surface area (Å²) < 4.78 is 10.6. The van der Waals surface area contributed by atoms with Crippen LogP contribution in [0.3, 0.4) is 0 Å². The van der Waals surface area contributed by atoms with Gasteiger partial charge >= 0.3 is 0 Å². The lowest BCUT2D eigenvalue weighted by atomic mass is 10.1. The third-order valence-corrected chi connectivity index (χ3v) is 4.85. The van der Waals surface area contributed by atoms with E-state index in [4.69, 9.17) is 9.47 Å². The maximum Gasteiger partial charge on any atom is 0.224 e. The molecule has 0 spiro atoms. The van der Waals surface area contributed by atoms with E-state index >= 15 is 0 Å². The summed E-state index contributed by atoms with van der Waals surface area (Å²) in [5.41, 5.74) is 4.01. The monoisotopic (exact) mass is 340 g/mol. The molecule has 5 nitrogen and oxygen atoms in total. The molecule has 1 aromatic carbocycles. The second-order valence-electron chi connectivity index (χ2n) is 6.49. The molecule has 1 aliphatic carbocycles. The minimum Gasteiger partial charge on any atom is -0.497 e. The van der Waals surface area contributed by atoms with Crippen LogP contribution in [0.5, 0.6) is 11.5 Å². The minimum atomic E-state index is 0.0426. The van der Waals surface area contributed by atoms with Crippen LogP contribution in [0.1, 0.15) is 34.7 Å². The largest absolute Gasteiger partial charge is 0.497 e. The number of carbonyl (C=O) groups excluding carboxylic acids is 1. The SMILES string of the molecule is COc1ccc([C@H]2C[C@H]2C(=O)NCc2ncc(C)c(OC)c2C)cc1. The highest BCUT2D eigenvalue weighted by atomic mass is 16.5.